The van der Waals surface area contributed by atoms with E-state index in [0.29, 0.717) is 0 Å². The van der Waals surface area contributed by atoms with E-state index in [1.54, 1.807) is 0 Å². The molecule has 0 amide bonds. The molecule has 5 heteroatoms. The maximum Gasteiger partial charge on any atom is 0.414 e. The summed E-state index contributed by atoms with van der Waals surface area (Å²) >= 11 is 0. The van der Waals surface area contributed by atoms with E-state index in [1.165, 1.54) is 0 Å². The number of hydrogen-bond acceptors (Lipinski definition) is 2. The van der Waals surface area contributed by atoms with E-state index in [1.807, 2.05) is 0 Å². The number of aliphatic carboxylic acids is 2. The van der Waals surface area contributed by atoms with Crippen molar-refractivity contribution in [2.45, 2.75) is 0 Å². The summed E-state index contributed by atoms with van der Waals surface area (Å²) in [5.74, 6) is -3.65. The van der Waals surface area contributed by atoms with Gasteiger partial charge in [-0.3, -0.25) is 0 Å². The van der Waals surface area contributed by atoms with Crippen LogP contribution in [0.4, 0.5) is 0 Å². The summed E-state index contributed by atoms with van der Waals surface area (Å²) < 4.78 is 0. The maximum atomic E-state index is 9.10. The summed E-state index contributed by atoms with van der Waals surface area (Å²) in [5, 5.41) is 14.8. The molecule has 0 bridgehead atoms. The topological polar surface area (TPSA) is 74.6 Å². The molecule has 0 saturated heterocycles. The van der Waals surface area contributed by atoms with E-state index in [0.717, 1.165) is 0 Å². The molecule has 0 aromatic rings. The van der Waals surface area contributed by atoms with Crippen LogP contribution in [0.5, 0.6) is 0 Å². The van der Waals surface area contributed by atoms with Crippen LogP contribution in [0, 0.1) is 0 Å². The Morgan fingerprint density at radius 2 is 1.14 bits per heavy atom. The number of rotatable bonds is 0. The van der Waals surface area contributed by atoms with Gasteiger partial charge in [0.05, 0.1) is 0 Å². The van der Waals surface area contributed by atoms with Crippen molar-refractivity contribution in [3.63, 3.8) is 0 Å². The number of hydrogen-bond donors (Lipinski definition) is 2. The van der Waals surface area contributed by atoms with E-state index in [2.05, 4.69) is 0 Å². The minimum absolute atomic E-state index is 0. The zero-order valence-electron chi connectivity index (χ0n) is 3.12. The fraction of sp³-hybridized carbons (Fsp3) is 0. The van der Waals surface area contributed by atoms with Crippen LogP contribution in [0.15, 0.2) is 0 Å². The van der Waals surface area contributed by atoms with Crippen molar-refractivity contribution in [2.24, 2.45) is 0 Å². The summed E-state index contributed by atoms with van der Waals surface area (Å²) in [4.78, 5) is 18.2. The molecule has 40 valence electrons. The van der Waals surface area contributed by atoms with Gasteiger partial charge < -0.3 is 10.2 Å². The number of carboxylic acid groups (broad SMARTS) is 2. The first-order valence-electron chi connectivity index (χ1n) is 1.11. The average molecular weight is 142 g/mol. The Balaban J connectivity index is 0. The standard InChI is InChI=1S/C2H2O4.Cr/c3-1(4)2(5)6;/h(H,3,4)(H,5,6);. The quantitative estimate of drug-likeness (QED) is 0.432. The number of carbonyl (C=O) groups is 2. The monoisotopic (exact) mass is 142 g/mol. The largest absolute Gasteiger partial charge is 0.473 e. The van der Waals surface area contributed by atoms with Gasteiger partial charge in [-0.15, -0.1) is 0 Å². The third kappa shape index (κ3) is 5.47. The first kappa shape index (κ1) is 9.69. The smallest absolute Gasteiger partial charge is 0.414 e. The zero-order valence-corrected chi connectivity index (χ0v) is 4.39. The Labute approximate surface area is 49.9 Å². The van der Waals surface area contributed by atoms with Crippen molar-refractivity contribution in [3.8, 4) is 0 Å². The summed E-state index contributed by atoms with van der Waals surface area (Å²) in [6.45, 7) is 0. The van der Waals surface area contributed by atoms with Crippen molar-refractivity contribution >= 4 is 11.9 Å². The van der Waals surface area contributed by atoms with E-state index in [4.69, 9.17) is 19.8 Å². The van der Waals surface area contributed by atoms with Gasteiger partial charge in [-0.1, -0.05) is 0 Å². The summed E-state index contributed by atoms with van der Waals surface area (Å²) in [6, 6.07) is 0. The molecule has 0 heterocycles. The van der Waals surface area contributed by atoms with Gasteiger partial charge in [-0.25, -0.2) is 9.59 Å². The van der Waals surface area contributed by atoms with Gasteiger partial charge in [0.1, 0.15) is 0 Å². The van der Waals surface area contributed by atoms with E-state index in [-0.39, 0.29) is 17.4 Å². The molecule has 2 N–H and O–H groups in total. The normalized spacial score (nSPS) is 6.29. The Kier molecular flexibility index (Phi) is 5.06. The third-order valence-corrected chi connectivity index (χ3v) is 0.183. The molecule has 0 rings (SSSR count). The Hall–Kier alpha value is -0.528. The molecule has 0 spiro atoms. The van der Waals surface area contributed by atoms with E-state index < -0.39 is 11.9 Å². The van der Waals surface area contributed by atoms with Crippen LogP contribution in [0.3, 0.4) is 0 Å². The third-order valence-electron chi connectivity index (χ3n) is 0.183. The molecule has 0 aliphatic carbocycles. The second-order valence-corrected chi connectivity index (χ2v) is 0.610. The molecular weight excluding hydrogens is 140 g/mol. The molecule has 0 atom stereocenters. The van der Waals surface area contributed by atoms with E-state index >= 15 is 0 Å². The summed E-state index contributed by atoms with van der Waals surface area (Å²) in [6.07, 6.45) is 0. The van der Waals surface area contributed by atoms with Crippen molar-refractivity contribution in [1.29, 1.82) is 0 Å². The second-order valence-electron chi connectivity index (χ2n) is 0.610. The van der Waals surface area contributed by atoms with Crippen LogP contribution in [-0.2, 0) is 27.0 Å². The molecule has 7 heavy (non-hydrogen) atoms. The van der Waals surface area contributed by atoms with Gasteiger partial charge in [-0.05, 0) is 0 Å². The van der Waals surface area contributed by atoms with Gasteiger partial charge in [0.15, 0.2) is 0 Å². The fourth-order valence-corrected chi connectivity index (χ4v) is 0. The van der Waals surface area contributed by atoms with Crippen molar-refractivity contribution in [3.05, 3.63) is 0 Å². The van der Waals surface area contributed by atoms with Gasteiger partial charge in [0.25, 0.3) is 0 Å². The van der Waals surface area contributed by atoms with Crippen LogP contribution >= 0.6 is 0 Å². The molecule has 0 aromatic heterocycles. The zero-order chi connectivity index (χ0) is 5.15. The average Bonchev–Trinajstić information content (AvgIpc) is 1.36. The first-order valence-corrected chi connectivity index (χ1v) is 1.11. The second kappa shape index (κ2) is 3.66. The van der Waals surface area contributed by atoms with E-state index in [9.17, 15) is 0 Å². The first-order chi connectivity index (χ1) is 2.64. The summed E-state index contributed by atoms with van der Waals surface area (Å²) in [7, 11) is 0. The molecule has 0 aliphatic heterocycles. The maximum absolute atomic E-state index is 9.10. The fourth-order valence-electron chi connectivity index (χ4n) is 0. The Morgan fingerprint density at radius 3 is 1.14 bits per heavy atom. The van der Waals surface area contributed by atoms with Crippen LogP contribution in [0.25, 0.3) is 0 Å². The SMILES string of the molecule is O=C(O)C(=O)O.[Cr]. The molecule has 0 fully saturated rings. The van der Waals surface area contributed by atoms with Crippen molar-refractivity contribution < 1.29 is 37.2 Å². The number of carboxylic acids is 2. The summed E-state index contributed by atoms with van der Waals surface area (Å²) in [5.41, 5.74) is 0. The van der Waals surface area contributed by atoms with Gasteiger partial charge in [-0.2, -0.15) is 0 Å². The van der Waals surface area contributed by atoms with Gasteiger partial charge in [0, 0.05) is 17.4 Å². The van der Waals surface area contributed by atoms with Crippen LogP contribution in [0.1, 0.15) is 0 Å². The van der Waals surface area contributed by atoms with Crippen LogP contribution in [-0.4, -0.2) is 22.2 Å². The molecule has 0 unspecified atom stereocenters. The van der Waals surface area contributed by atoms with Crippen LogP contribution < -0.4 is 0 Å². The predicted octanol–water partition coefficient (Wildman–Crippen LogP) is -0.847. The van der Waals surface area contributed by atoms with Gasteiger partial charge >= 0.3 is 11.9 Å². The molecule has 4 nitrogen and oxygen atoms in total. The van der Waals surface area contributed by atoms with Gasteiger partial charge in [0.2, 0.25) is 0 Å². The molecule has 0 aromatic carbocycles. The molecular formula is C2H2CrO4. The minimum Gasteiger partial charge on any atom is -0.473 e. The Morgan fingerprint density at radius 1 is 1.00 bits per heavy atom. The van der Waals surface area contributed by atoms with Crippen molar-refractivity contribution in [2.75, 3.05) is 0 Å². The molecule has 0 aliphatic rings. The van der Waals surface area contributed by atoms with Crippen LogP contribution in [0.2, 0.25) is 0 Å². The Bertz CT molecular complexity index is 75.7. The molecule has 0 radical (unpaired) electrons. The van der Waals surface area contributed by atoms with Crippen molar-refractivity contribution in [1.82, 2.24) is 0 Å². The minimum atomic E-state index is -1.82. The molecule has 0 saturated carbocycles. The predicted molar refractivity (Wildman–Crippen MR) is 15.3 cm³/mol.